The maximum absolute atomic E-state index is 11.0. The first-order valence-electron chi connectivity index (χ1n) is 6.84. The third kappa shape index (κ3) is 4.64. The van der Waals surface area contributed by atoms with E-state index < -0.39 is 68.3 Å². The molecule has 0 aromatic carbocycles. The molecular weight excluding hydrogens is 320 g/mol. The van der Waals surface area contributed by atoms with E-state index in [0.29, 0.717) is 0 Å². The predicted octanol–water partition coefficient (Wildman–Crippen LogP) is -5.55. The molecule has 8 N–H and O–H groups in total. The van der Waals surface area contributed by atoms with Crippen LogP contribution in [0.5, 0.6) is 0 Å². The average Bonchev–Trinajstić information content (AvgIpc) is 2.57. The monoisotopic (exact) mass is 342 g/mol. The molecule has 11 heteroatoms. The predicted molar refractivity (Wildman–Crippen MR) is 69.8 cm³/mol. The Kier molecular flexibility index (Phi) is 7.89. The van der Waals surface area contributed by atoms with Gasteiger partial charge in [0.1, 0.15) is 48.8 Å². The molecule has 1 saturated heterocycles. The van der Waals surface area contributed by atoms with Crippen molar-refractivity contribution in [2.75, 3.05) is 13.2 Å². The highest BCUT2D eigenvalue weighted by Gasteiger charge is 2.46. The molecule has 11 nitrogen and oxygen atoms in total. The third-order valence-corrected chi connectivity index (χ3v) is 3.54. The molecule has 136 valence electrons. The Hall–Kier alpha value is -0.730. The van der Waals surface area contributed by atoms with E-state index in [2.05, 4.69) is 0 Å². The van der Waals surface area contributed by atoms with Crippen LogP contribution in [-0.4, -0.2) is 115 Å². The fourth-order valence-electron chi connectivity index (χ4n) is 2.06. The first-order valence-corrected chi connectivity index (χ1v) is 6.84. The first kappa shape index (κ1) is 20.3. The summed E-state index contributed by atoms with van der Waals surface area (Å²) < 4.78 is 9.94. The zero-order valence-corrected chi connectivity index (χ0v) is 12.0. The number of hydrogen-bond donors (Lipinski definition) is 8. The molecule has 1 rings (SSSR count). The Labute approximate surface area is 130 Å². The number of aliphatic hydroxyl groups excluding tert-OH is 8. The van der Waals surface area contributed by atoms with E-state index in [1.165, 1.54) is 0 Å². The Morgan fingerprint density at radius 3 is 2.09 bits per heavy atom. The van der Waals surface area contributed by atoms with Crippen molar-refractivity contribution < 1.29 is 55.1 Å². The van der Waals surface area contributed by atoms with Gasteiger partial charge in [-0.2, -0.15) is 0 Å². The second kappa shape index (κ2) is 8.94. The molecule has 0 spiro atoms. The van der Waals surface area contributed by atoms with Crippen LogP contribution in [0, 0.1) is 0 Å². The average molecular weight is 342 g/mol. The fourth-order valence-corrected chi connectivity index (χ4v) is 2.06. The van der Waals surface area contributed by atoms with Crippen molar-refractivity contribution in [3.63, 3.8) is 0 Å². The van der Waals surface area contributed by atoms with E-state index in [9.17, 15) is 35.4 Å². The largest absolute Gasteiger partial charge is 0.394 e. The maximum Gasteiger partial charge on any atom is 0.187 e. The van der Waals surface area contributed by atoms with Gasteiger partial charge < -0.3 is 55.1 Å². The molecule has 0 radical (unpaired) electrons. The lowest BCUT2D eigenvalue weighted by Crippen LogP contribution is -2.60. The van der Waals surface area contributed by atoms with Crippen molar-refractivity contribution in [3.8, 4) is 0 Å². The Morgan fingerprint density at radius 2 is 1.61 bits per heavy atom. The topological polar surface area (TPSA) is 197 Å². The van der Waals surface area contributed by atoms with Crippen molar-refractivity contribution in [1.82, 2.24) is 0 Å². The number of aldehydes is 1. The second-order valence-electron chi connectivity index (χ2n) is 5.17. The minimum Gasteiger partial charge on any atom is -0.394 e. The minimum absolute atomic E-state index is 0.0550. The lowest BCUT2D eigenvalue weighted by atomic mass is 9.99. The van der Waals surface area contributed by atoms with Crippen molar-refractivity contribution in [3.05, 3.63) is 0 Å². The highest BCUT2D eigenvalue weighted by atomic mass is 16.7. The quantitative estimate of drug-likeness (QED) is 0.196. The molecule has 1 fully saturated rings. The van der Waals surface area contributed by atoms with Crippen molar-refractivity contribution >= 4 is 6.29 Å². The van der Waals surface area contributed by atoms with E-state index in [-0.39, 0.29) is 6.29 Å². The zero-order valence-electron chi connectivity index (χ0n) is 12.0. The lowest BCUT2D eigenvalue weighted by Gasteiger charge is -2.41. The molecule has 0 saturated carbocycles. The zero-order chi connectivity index (χ0) is 17.7. The van der Waals surface area contributed by atoms with Crippen molar-refractivity contribution in [1.29, 1.82) is 0 Å². The van der Waals surface area contributed by atoms with Crippen LogP contribution in [0.15, 0.2) is 0 Å². The summed E-state index contributed by atoms with van der Waals surface area (Å²) in [4.78, 5) is 11.0. The van der Waals surface area contributed by atoms with E-state index >= 15 is 0 Å². The summed E-state index contributed by atoms with van der Waals surface area (Å²) in [7, 11) is 0. The normalized spacial score (nSPS) is 37.0. The third-order valence-electron chi connectivity index (χ3n) is 3.54. The standard InChI is InChI=1S/C12H22O11/c13-1-4(16)7(17)8(18)5(2-14)22-12-11(21)10(20)9(19)6(3-15)23-12/h2,4-13,15-21H,1,3H2/t4-,5+,6-,7-,8-,9+,10+,11-,12+/m1/s1. The van der Waals surface area contributed by atoms with E-state index in [1.54, 1.807) is 0 Å². The number of rotatable bonds is 8. The maximum atomic E-state index is 11.0. The van der Waals surface area contributed by atoms with Crippen LogP contribution < -0.4 is 0 Å². The van der Waals surface area contributed by atoms with Crippen LogP contribution in [-0.2, 0) is 14.3 Å². The highest BCUT2D eigenvalue weighted by molar-refractivity contribution is 5.57. The Morgan fingerprint density at radius 1 is 1.00 bits per heavy atom. The summed E-state index contributed by atoms with van der Waals surface area (Å²) in [6, 6.07) is 0. The van der Waals surface area contributed by atoms with Gasteiger partial charge in [-0.3, -0.25) is 0 Å². The molecule has 0 aromatic rings. The molecule has 9 atom stereocenters. The van der Waals surface area contributed by atoms with Crippen LogP contribution in [0.2, 0.25) is 0 Å². The molecule has 0 unspecified atom stereocenters. The van der Waals surface area contributed by atoms with Crippen LogP contribution in [0.25, 0.3) is 0 Å². The lowest BCUT2D eigenvalue weighted by molar-refractivity contribution is -0.315. The van der Waals surface area contributed by atoms with Gasteiger partial charge in [-0.25, -0.2) is 0 Å². The van der Waals surface area contributed by atoms with Crippen molar-refractivity contribution in [2.24, 2.45) is 0 Å². The minimum atomic E-state index is -1.97. The molecule has 1 heterocycles. The Balaban J connectivity index is 2.79. The van der Waals surface area contributed by atoms with Gasteiger partial charge in [0.15, 0.2) is 12.6 Å². The number of carbonyl (C=O) groups is 1. The molecule has 1 aliphatic rings. The van der Waals surface area contributed by atoms with Gasteiger partial charge in [-0.1, -0.05) is 0 Å². The van der Waals surface area contributed by atoms with Crippen molar-refractivity contribution in [2.45, 2.75) is 55.1 Å². The number of aliphatic hydroxyl groups is 8. The number of hydrogen-bond acceptors (Lipinski definition) is 11. The summed E-state index contributed by atoms with van der Waals surface area (Å²) in [5, 5.41) is 75.2. The van der Waals surface area contributed by atoms with Crippen LogP contribution >= 0.6 is 0 Å². The van der Waals surface area contributed by atoms with E-state index in [4.69, 9.17) is 19.7 Å². The number of carbonyl (C=O) groups excluding carboxylic acids is 1. The molecule has 0 bridgehead atoms. The van der Waals surface area contributed by atoms with Gasteiger partial charge in [0.05, 0.1) is 13.2 Å². The van der Waals surface area contributed by atoms with E-state index in [1.807, 2.05) is 0 Å². The summed E-state index contributed by atoms with van der Waals surface area (Å²) in [6.07, 6.45) is -15.5. The summed E-state index contributed by atoms with van der Waals surface area (Å²) >= 11 is 0. The van der Waals surface area contributed by atoms with Gasteiger partial charge in [0, 0.05) is 0 Å². The summed E-state index contributed by atoms with van der Waals surface area (Å²) in [6.45, 7) is -1.60. The van der Waals surface area contributed by atoms with Gasteiger partial charge >= 0.3 is 0 Å². The molecule has 0 aliphatic carbocycles. The first-order chi connectivity index (χ1) is 10.8. The molecule has 1 aliphatic heterocycles. The SMILES string of the molecule is O=C[C@H](O[C@H]1O[C@H](CO)[C@H](O)[C@H](O)[C@H]1O)[C@@H](O)[C@H](O)[C@H](O)CO. The van der Waals surface area contributed by atoms with Gasteiger partial charge in [0.25, 0.3) is 0 Å². The highest BCUT2D eigenvalue weighted by Crippen LogP contribution is 2.23. The summed E-state index contributed by atoms with van der Waals surface area (Å²) in [5.41, 5.74) is 0. The fraction of sp³-hybridized carbons (Fsp3) is 0.917. The smallest absolute Gasteiger partial charge is 0.187 e. The molecular formula is C12H22O11. The van der Waals surface area contributed by atoms with Gasteiger partial charge in [-0.15, -0.1) is 0 Å². The van der Waals surface area contributed by atoms with Gasteiger partial charge in [-0.05, 0) is 0 Å². The molecule has 0 aromatic heterocycles. The second-order valence-corrected chi connectivity index (χ2v) is 5.17. The number of ether oxygens (including phenoxy) is 2. The van der Waals surface area contributed by atoms with E-state index in [0.717, 1.165) is 0 Å². The summed E-state index contributed by atoms with van der Waals surface area (Å²) in [5.74, 6) is 0. The molecule has 0 amide bonds. The van der Waals surface area contributed by atoms with Crippen LogP contribution in [0.3, 0.4) is 0 Å². The van der Waals surface area contributed by atoms with Crippen LogP contribution in [0.4, 0.5) is 0 Å². The van der Waals surface area contributed by atoms with Gasteiger partial charge in [0.2, 0.25) is 0 Å². The van der Waals surface area contributed by atoms with Crippen LogP contribution in [0.1, 0.15) is 0 Å². The Bertz CT molecular complexity index is 365. The molecule has 23 heavy (non-hydrogen) atoms.